The predicted octanol–water partition coefficient (Wildman–Crippen LogP) is 3.25. The van der Waals surface area contributed by atoms with Gasteiger partial charge in [-0.2, -0.15) is 0 Å². The van der Waals surface area contributed by atoms with Crippen molar-refractivity contribution in [2.75, 3.05) is 27.4 Å². The molecule has 0 radical (unpaired) electrons. The Bertz CT molecular complexity index is 680. The molecule has 5 nitrogen and oxygen atoms in total. The Labute approximate surface area is 161 Å². The molecule has 0 spiro atoms. The molecule has 0 bridgehead atoms. The molecule has 146 valence electrons. The maximum atomic E-state index is 10.4. The number of hydrogen-bond acceptors (Lipinski definition) is 5. The minimum atomic E-state index is -0.512. The molecule has 2 aromatic rings. The van der Waals surface area contributed by atoms with Gasteiger partial charge in [-0.3, -0.25) is 4.90 Å². The van der Waals surface area contributed by atoms with Crippen LogP contribution in [0.4, 0.5) is 0 Å². The summed E-state index contributed by atoms with van der Waals surface area (Å²) < 4.78 is 16.4. The van der Waals surface area contributed by atoms with Gasteiger partial charge in [-0.25, -0.2) is 0 Å². The first-order valence-corrected chi connectivity index (χ1v) is 9.43. The third kappa shape index (κ3) is 6.24. The number of hydrogen-bond donors (Lipinski definition) is 1. The summed E-state index contributed by atoms with van der Waals surface area (Å²) in [4.78, 5) is 2.32. The summed E-state index contributed by atoms with van der Waals surface area (Å²) in [5.41, 5.74) is 2.24. The average Bonchev–Trinajstić information content (AvgIpc) is 3.53. The van der Waals surface area contributed by atoms with Crippen molar-refractivity contribution >= 4 is 0 Å². The van der Waals surface area contributed by atoms with Crippen LogP contribution in [0.25, 0.3) is 0 Å². The Morgan fingerprint density at radius 2 is 1.67 bits per heavy atom. The third-order valence-corrected chi connectivity index (χ3v) is 4.73. The second kappa shape index (κ2) is 9.74. The number of benzene rings is 2. The summed E-state index contributed by atoms with van der Waals surface area (Å²) in [6, 6.07) is 16.5. The lowest BCUT2D eigenvalue weighted by Gasteiger charge is -2.25. The molecular weight excluding hydrogens is 342 g/mol. The SMILES string of the molecule is COc1cc(CN(C[C@@H](O)COCc2ccccc2)C2CC2)cc(OC)c1. The van der Waals surface area contributed by atoms with Crippen molar-refractivity contribution in [1.82, 2.24) is 4.90 Å². The maximum absolute atomic E-state index is 10.4. The molecule has 0 unspecified atom stereocenters. The monoisotopic (exact) mass is 371 g/mol. The normalized spacial score (nSPS) is 15.0. The van der Waals surface area contributed by atoms with Gasteiger partial charge in [-0.05, 0) is 36.1 Å². The van der Waals surface area contributed by atoms with Gasteiger partial charge in [0.2, 0.25) is 0 Å². The first kappa shape index (κ1) is 19.7. The number of nitrogens with zero attached hydrogens (tertiary/aromatic N) is 1. The van der Waals surface area contributed by atoms with E-state index in [1.807, 2.05) is 48.5 Å². The highest BCUT2D eigenvalue weighted by molar-refractivity contribution is 5.38. The standard InChI is InChI=1S/C22H29NO4/c1-25-21-10-18(11-22(12-21)26-2)13-23(19-8-9-19)14-20(24)16-27-15-17-6-4-3-5-7-17/h3-7,10-12,19-20,24H,8-9,13-16H2,1-2H3/t20-/m1/s1. The van der Waals surface area contributed by atoms with Crippen molar-refractivity contribution in [3.8, 4) is 11.5 Å². The van der Waals surface area contributed by atoms with E-state index >= 15 is 0 Å². The Morgan fingerprint density at radius 1 is 1.00 bits per heavy atom. The molecule has 2 aromatic carbocycles. The summed E-state index contributed by atoms with van der Waals surface area (Å²) >= 11 is 0. The molecule has 27 heavy (non-hydrogen) atoms. The van der Waals surface area contributed by atoms with E-state index in [-0.39, 0.29) is 0 Å². The van der Waals surface area contributed by atoms with Crippen LogP contribution in [0, 0.1) is 0 Å². The molecule has 1 N–H and O–H groups in total. The van der Waals surface area contributed by atoms with Crippen LogP contribution < -0.4 is 9.47 Å². The average molecular weight is 371 g/mol. The number of methoxy groups -OCH3 is 2. The minimum absolute atomic E-state index is 0.333. The second-order valence-electron chi connectivity index (χ2n) is 7.04. The first-order valence-electron chi connectivity index (χ1n) is 9.43. The van der Waals surface area contributed by atoms with Gasteiger partial charge in [0.1, 0.15) is 11.5 Å². The smallest absolute Gasteiger partial charge is 0.122 e. The van der Waals surface area contributed by atoms with Crippen LogP contribution in [0.15, 0.2) is 48.5 Å². The first-order chi connectivity index (χ1) is 13.2. The summed E-state index contributed by atoms with van der Waals surface area (Å²) in [6.45, 7) is 2.21. The molecule has 1 atom stereocenters. The topological polar surface area (TPSA) is 51.2 Å². The fraction of sp³-hybridized carbons (Fsp3) is 0.455. The molecule has 1 aliphatic carbocycles. The lowest BCUT2D eigenvalue weighted by atomic mass is 10.1. The van der Waals surface area contributed by atoms with Crippen LogP contribution in [0.5, 0.6) is 11.5 Å². The molecule has 0 aromatic heterocycles. The highest BCUT2D eigenvalue weighted by atomic mass is 16.5. The van der Waals surface area contributed by atoms with Crippen molar-refractivity contribution in [2.24, 2.45) is 0 Å². The Morgan fingerprint density at radius 3 is 2.26 bits per heavy atom. The zero-order valence-corrected chi connectivity index (χ0v) is 16.1. The van der Waals surface area contributed by atoms with Crippen LogP contribution >= 0.6 is 0 Å². The van der Waals surface area contributed by atoms with Crippen molar-refractivity contribution < 1.29 is 19.3 Å². The van der Waals surface area contributed by atoms with E-state index in [2.05, 4.69) is 4.90 Å². The quantitative estimate of drug-likeness (QED) is 0.657. The molecule has 0 aliphatic heterocycles. The molecule has 5 heteroatoms. The molecule has 1 aliphatic rings. The van der Waals surface area contributed by atoms with Crippen molar-refractivity contribution in [3.05, 3.63) is 59.7 Å². The van der Waals surface area contributed by atoms with Crippen LogP contribution in [0.3, 0.4) is 0 Å². The van der Waals surface area contributed by atoms with Gasteiger partial charge >= 0.3 is 0 Å². The van der Waals surface area contributed by atoms with Gasteiger partial charge in [0.25, 0.3) is 0 Å². The lowest BCUT2D eigenvalue weighted by Crippen LogP contribution is -2.36. The van der Waals surface area contributed by atoms with E-state index in [4.69, 9.17) is 14.2 Å². The number of aliphatic hydroxyl groups is 1. The van der Waals surface area contributed by atoms with Crippen molar-refractivity contribution in [3.63, 3.8) is 0 Å². The van der Waals surface area contributed by atoms with Gasteiger partial charge in [0, 0.05) is 25.2 Å². The minimum Gasteiger partial charge on any atom is -0.497 e. The van der Waals surface area contributed by atoms with Gasteiger partial charge in [0.15, 0.2) is 0 Å². The van der Waals surface area contributed by atoms with Crippen LogP contribution in [-0.4, -0.2) is 49.5 Å². The zero-order chi connectivity index (χ0) is 19.1. The number of rotatable bonds is 11. The van der Waals surface area contributed by atoms with Gasteiger partial charge < -0.3 is 19.3 Å². The van der Waals surface area contributed by atoms with Crippen LogP contribution in [0.2, 0.25) is 0 Å². The molecule has 0 heterocycles. The van der Waals surface area contributed by atoms with Crippen LogP contribution in [-0.2, 0) is 17.9 Å². The summed E-state index contributed by atoms with van der Waals surface area (Å²) in [5.74, 6) is 1.57. The van der Waals surface area contributed by atoms with Crippen molar-refractivity contribution in [1.29, 1.82) is 0 Å². The number of ether oxygens (including phenoxy) is 3. The Hall–Kier alpha value is -2.08. The highest BCUT2D eigenvalue weighted by Gasteiger charge is 2.30. The summed E-state index contributed by atoms with van der Waals surface area (Å²) in [6.07, 6.45) is 1.85. The molecule has 3 rings (SSSR count). The molecule has 1 fully saturated rings. The predicted molar refractivity (Wildman–Crippen MR) is 105 cm³/mol. The fourth-order valence-electron chi connectivity index (χ4n) is 3.19. The Balaban J connectivity index is 1.53. The summed E-state index contributed by atoms with van der Waals surface area (Å²) in [5, 5.41) is 10.4. The Kier molecular flexibility index (Phi) is 7.10. The van der Waals surface area contributed by atoms with Gasteiger partial charge in [0.05, 0.1) is 33.5 Å². The highest BCUT2D eigenvalue weighted by Crippen LogP contribution is 2.30. The van der Waals surface area contributed by atoms with E-state index in [0.29, 0.717) is 25.8 Å². The fourth-order valence-corrected chi connectivity index (χ4v) is 3.19. The van der Waals surface area contributed by atoms with E-state index in [1.54, 1.807) is 14.2 Å². The van der Waals surface area contributed by atoms with E-state index in [1.165, 1.54) is 12.8 Å². The van der Waals surface area contributed by atoms with E-state index < -0.39 is 6.10 Å². The van der Waals surface area contributed by atoms with Gasteiger partial charge in [-0.1, -0.05) is 30.3 Å². The van der Waals surface area contributed by atoms with Crippen molar-refractivity contribution in [2.45, 2.75) is 38.1 Å². The van der Waals surface area contributed by atoms with Gasteiger partial charge in [-0.15, -0.1) is 0 Å². The molecular formula is C22H29NO4. The largest absolute Gasteiger partial charge is 0.497 e. The zero-order valence-electron chi connectivity index (χ0n) is 16.1. The lowest BCUT2D eigenvalue weighted by molar-refractivity contribution is 0.00704. The molecule has 1 saturated carbocycles. The molecule has 0 saturated heterocycles. The van der Waals surface area contributed by atoms with E-state index in [0.717, 1.165) is 29.2 Å². The van der Waals surface area contributed by atoms with Crippen LogP contribution in [0.1, 0.15) is 24.0 Å². The summed E-state index contributed by atoms with van der Waals surface area (Å²) in [7, 11) is 3.32. The van der Waals surface area contributed by atoms with E-state index in [9.17, 15) is 5.11 Å². The number of aliphatic hydroxyl groups excluding tert-OH is 1. The molecule has 0 amide bonds. The third-order valence-electron chi connectivity index (χ3n) is 4.73. The maximum Gasteiger partial charge on any atom is 0.122 e. The second-order valence-corrected chi connectivity index (χ2v) is 7.04.